The molecule has 0 unspecified atom stereocenters. The maximum absolute atomic E-state index is 11.6. The van der Waals surface area contributed by atoms with Gasteiger partial charge in [-0.2, -0.15) is 8.42 Å². The van der Waals surface area contributed by atoms with E-state index in [1.807, 2.05) is 0 Å². The topological polar surface area (TPSA) is 72.9 Å². The van der Waals surface area contributed by atoms with Crippen molar-refractivity contribution >= 4 is 16.2 Å². The summed E-state index contributed by atoms with van der Waals surface area (Å²) in [5.41, 5.74) is -0.572. The molecule has 0 saturated carbocycles. The van der Waals surface area contributed by atoms with Gasteiger partial charge in [-0.05, 0) is 26.8 Å². The fourth-order valence-corrected chi connectivity index (χ4v) is 1.76. The summed E-state index contributed by atoms with van der Waals surface area (Å²) < 4.78 is 31.6. The van der Waals surface area contributed by atoms with E-state index in [9.17, 15) is 13.2 Å². The number of nitrogens with zero attached hydrogens (tertiary/aromatic N) is 1. The zero-order valence-electron chi connectivity index (χ0n) is 10.4. The van der Waals surface area contributed by atoms with Crippen molar-refractivity contribution in [1.29, 1.82) is 0 Å². The van der Waals surface area contributed by atoms with Crippen LogP contribution >= 0.6 is 0 Å². The predicted molar refractivity (Wildman–Crippen MR) is 61.8 cm³/mol. The Balaban J connectivity index is 2.52. The Morgan fingerprint density at radius 2 is 2.00 bits per heavy atom. The molecule has 0 aliphatic carbocycles. The van der Waals surface area contributed by atoms with Gasteiger partial charge in [0.2, 0.25) is 0 Å². The van der Waals surface area contributed by atoms with Gasteiger partial charge in [-0.15, -0.1) is 0 Å². The molecule has 1 aliphatic heterocycles. The average Bonchev–Trinajstić information content (AvgIpc) is 2.45. The molecule has 0 saturated heterocycles. The van der Waals surface area contributed by atoms with Crippen LogP contribution in [0, 0.1) is 0 Å². The van der Waals surface area contributed by atoms with E-state index in [2.05, 4.69) is 0 Å². The van der Waals surface area contributed by atoms with Gasteiger partial charge in [0, 0.05) is 6.54 Å². The van der Waals surface area contributed by atoms with E-state index in [1.165, 1.54) is 4.90 Å². The standard InChI is InChI=1S/C10H17NO5S/c1-10(2,3)15-9(12)11-6-5-8(7-11)16-17(4,13)14/h5H,6-7H2,1-4H3. The SMILES string of the molecule is CC(C)(C)OC(=O)N1CC=C(OS(C)(=O)=O)C1. The minimum Gasteiger partial charge on any atom is -0.444 e. The zero-order chi connectivity index (χ0) is 13.3. The summed E-state index contributed by atoms with van der Waals surface area (Å²) in [7, 11) is -3.54. The molecule has 0 radical (unpaired) electrons. The van der Waals surface area contributed by atoms with Crippen LogP contribution in [-0.2, 0) is 19.0 Å². The molecule has 7 heteroatoms. The molecule has 0 atom stereocenters. The summed E-state index contributed by atoms with van der Waals surface area (Å²) in [5, 5.41) is 0. The van der Waals surface area contributed by atoms with Crippen molar-refractivity contribution in [2.45, 2.75) is 26.4 Å². The number of carbonyl (C=O) groups is 1. The number of hydrogen-bond donors (Lipinski definition) is 0. The van der Waals surface area contributed by atoms with Gasteiger partial charge in [0.15, 0.2) is 0 Å². The molecule has 1 heterocycles. The Morgan fingerprint density at radius 1 is 1.41 bits per heavy atom. The molecule has 98 valence electrons. The van der Waals surface area contributed by atoms with E-state index >= 15 is 0 Å². The molecule has 17 heavy (non-hydrogen) atoms. The average molecular weight is 263 g/mol. The van der Waals surface area contributed by atoms with Gasteiger partial charge in [0.1, 0.15) is 11.4 Å². The Bertz CT molecular complexity index is 432. The molecule has 0 N–H and O–H groups in total. The molecule has 0 bridgehead atoms. The van der Waals surface area contributed by atoms with E-state index in [-0.39, 0.29) is 12.3 Å². The van der Waals surface area contributed by atoms with E-state index in [0.29, 0.717) is 6.54 Å². The summed E-state index contributed by atoms with van der Waals surface area (Å²) in [6.07, 6.45) is 2.02. The van der Waals surface area contributed by atoms with Crippen LogP contribution in [0.4, 0.5) is 4.79 Å². The summed E-state index contributed by atoms with van der Waals surface area (Å²) in [6, 6.07) is 0. The third kappa shape index (κ3) is 5.08. The number of hydrogen-bond acceptors (Lipinski definition) is 5. The first kappa shape index (κ1) is 13.8. The van der Waals surface area contributed by atoms with Crippen molar-refractivity contribution in [2.75, 3.05) is 19.3 Å². The number of carbonyl (C=O) groups excluding carboxylic acids is 1. The molecule has 0 fully saturated rings. The number of ether oxygens (including phenoxy) is 1. The highest BCUT2D eigenvalue weighted by molar-refractivity contribution is 7.86. The van der Waals surface area contributed by atoms with Crippen LogP contribution in [0.15, 0.2) is 11.8 Å². The van der Waals surface area contributed by atoms with Gasteiger partial charge in [-0.3, -0.25) is 4.90 Å². The van der Waals surface area contributed by atoms with Gasteiger partial charge in [-0.1, -0.05) is 0 Å². The molecular formula is C10H17NO5S. The van der Waals surface area contributed by atoms with Crippen molar-refractivity contribution in [3.8, 4) is 0 Å². The largest absolute Gasteiger partial charge is 0.444 e. The smallest absolute Gasteiger partial charge is 0.410 e. The van der Waals surface area contributed by atoms with Gasteiger partial charge >= 0.3 is 16.2 Å². The first-order valence-electron chi connectivity index (χ1n) is 5.13. The molecule has 1 amide bonds. The van der Waals surface area contributed by atoms with E-state index in [0.717, 1.165) is 6.26 Å². The Morgan fingerprint density at radius 3 is 2.47 bits per heavy atom. The molecular weight excluding hydrogens is 246 g/mol. The Hall–Kier alpha value is -1.24. The monoisotopic (exact) mass is 263 g/mol. The van der Waals surface area contributed by atoms with Crippen LogP contribution in [0.2, 0.25) is 0 Å². The van der Waals surface area contributed by atoms with Crippen molar-refractivity contribution in [3.63, 3.8) is 0 Å². The van der Waals surface area contributed by atoms with Crippen molar-refractivity contribution < 1.29 is 22.1 Å². The highest BCUT2D eigenvalue weighted by Crippen LogP contribution is 2.16. The highest BCUT2D eigenvalue weighted by atomic mass is 32.2. The van der Waals surface area contributed by atoms with E-state index in [1.54, 1.807) is 26.8 Å². The first-order valence-corrected chi connectivity index (χ1v) is 6.95. The van der Waals surface area contributed by atoms with Crippen molar-refractivity contribution in [2.24, 2.45) is 0 Å². The minimum absolute atomic E-state index is 0.113. The van der Waals surface area contributed by atoms with Crippen molar-refractivity contribution in [3.05, 3.63) is 11.8 Å². The summed E-state index contributed by atoms with van der Waals surface area (Å²) in [5.74, 6) is 0.248. The maximum Gasteiger partial charge on any atom is 0.410 e. The third-order valence-electron chi connectivity index (χ3n) is 1.80. The predicted octanol–water partition coefficient (Wildman–Crippen LogP) is 1.10. The third-order valence-corrected chi connectivity index (χ3v) is 2.31. The van der Waals surface area contributed by atoms with Crippen LogP contribution in [0.5, 0.6) is 0 Å². The highest BCUT2D eigenvalue weighted by Gasteiger charge is 2.27. The van der Waals surface area contributed by atoms with Gasteiger partial charge in [0.25, 0.3) is 0 Å². The Labute approximate surface area is 101 Å². The number of rotatable bonds is 2. The van der Waals surface area contributed by atoms with Crippen LogP contribution in [0.3, 0.4) is 0 Å². The number of amides is 1. The molecule has 6 nitrogen and oxygen atoms in total. The molecule has 0 spiro atoms. The maximum atomic E-state index is 11.6. The second-order valence-corrected chi connectivity index (χ2v) is 6.39. The normalized spacial score (nSPS) is 16.7. The molecule has 1 rings (SSSR count). The van der Waals surface area contributed by atoms with Gasteiger partial charge in [-0.25, -0.2) is 4.79 Å². The van der Waals surface area contributed by atoms with Gasteiger partial charge < -0.3 is 8.92 Å². The van der Waals surface area contributed by atoms with Crippen LogP contribution < -0.4 is 0 Å². The molecule has 0 aromatic rings. The van der Waals surface area contributed by atoms with Crippen LogP contribution in [-0.4, -0.2) is 44.4 Å². The lowest BCUT2D eigenvalue weighted by Gasteiger charge is -2.24. The lowest BCUT2D eigenvalue weighted by molar-refractivity contribution is 0.0293. The first-order chi connectivity index (χ1) is 7.57. The molecule has 1 aliphatic rings. The zero-order valence-corrected chi connectivity index (χ0v) is 11.2. The lowest BCUT2D eigenvalue weighted by atomic mass is 10.2. The fraction of sp³-hybridized carbons (Fsp3) is 0.700. The van der Waals surface area contributed by atoms with Crippen LogP contribution in [0.1, 0.15) is 20.8 Å². The fourth-order valence-electron chi connectivity index (χ4n) is 1.25. The second-order valence-electron chi connectivity index (χ2n) is 4.82. The van der Waals surface area contributed by atoms with Crippen LogP contribution in [0.25, 0.3) is 0 Å². The second kappa shape index (κ2) is 4.56. The van der Waals surface area contributed by atoms with E-state index in [4.69, 9.17) is 8.92 Å². The minimum atomic E-state index is -3.54. The summed E-state index contributed by atoms with van der Waals surface area (Å²) >= 11 is 0. The van der Waals surface area contributed by atoms with E-state index < -0.39 is 21.8 Å². The molecule has 0 aromatic carbocycles. The quantitative estimate of drug-likeness (QED) is 0.697. The van der Waals surface area contributed by atoms with Crippen molar-refractivity contribution in [1.82, 2.24) is 4.90 Å². The Kier molecular flexibility index (Phi) is 3.71. The molecule has 0 aromatic heterocycles. The summed E-state index contributed by atoms with van der Waals surface area (Å²) in [4.78, 5) is 13.0. The summed E-state index contributed by atoms with van der Waals surface area (Å²) in [6.45, 7) is 5.70. The lowest BCUT2D eigenvalue weighted by Crippen LogP contribution is -2.35. The van der Waals surface area contributed by atoms with Gasteiger partial charge in [0.05, 0.1) is 12.8 Å².